The molecule has 0 unspecified atom stereocenters. The molecule has 0 radical (unpaired) electrons. The first kappa shape index (κ1) is 22.9. The summed E-state index contributed by atoms with van der Waals surface area (Å²) in [6, 6.07) is 14.1. The van der Waals surface area contributed by atoms with Gasteiger partial charge in [0.15, 0.2) is 0 Å². The average Bonchev–Trinajstić information content (AvgIpc) is 3.23. The van der Waals surface area contributed by atoms with Crippen molar-refractivity contribution in [3.63, 3.8) is 0 Å². The lowest BCUT2D eigenvalue weighted by atomic mass is 10.0. The highest BCUT2D eigenvalue weighted by molar-refractivity contribution is 6.01. The maximum Gasteiger partial charge on any atom is 0.145 e. The fraction of sp³-hybridized carbons (Fsp3) is 0.375. The predicted octanol–water partition coefficient (Wildman–Crippen LogP) is 3.39. The molecule has 0 saturated heterocycles. The lowest BCUT2D eigenvalue weighted by Crippen LogP contribution is -2.39. The molecule has 0 spiro atoms. The summed E-state index contributed by atoms with van der Waals surface area (Å²) in [6.07, 6.45) is 1.46. The molecule has 0 bridgehead atoms. The summed E-state index contributed by atoms with van der Waals surface area (Å²) in [7, 11) is 1.64. The molecule has 0 saturated carbocycles. The SMILES string of the molecule is C=CCOC[C@@H](O)CN(Cc1cccc(OC)c1)C[C@@H]1CC(c2ccc(F)cc2)=NO1. The molecule has 1 aliphatic rings. The molecule has 0 amide bonds. The van der Waals surface area contributed by atoms with E-state index in [0.717, 1.165) is 22.6 Å². The molecule has 1 N–H and O–H groups in total. The van der Waals surface area contributed by atoms with Crippen LogP contribution in [-0.2, 0) is 16.1 Å². The van der Waals surface area contributed by atoms with Crippen LogP contribution in [0.2, 0.25) is 0 Å². The molecular formula is C24H29FN2O4. The summed E-state index contributed by atoms with van der Waals surface area (Å²) >= 11 is 0. The number of hydrogen-bond acceptors (Lipinski definition) is 6. The summed E-state index contributed by atoms with van der Waals surface area (Å²) in [5.74, 6) is 0.503. The van der Waals surface area contributed by atoms with E-state index in [-0.39, 0.29) is 18.5 Å². The van der Waals surface area contributed by atoms with Crippen LogP contribution < -0.4 is 4.74 Å². The van der Waals surface area contributed by atoms with Crippen molar-refractivity contribution < 1.29 is 23.8 Å². The second-order valence-corrected chi connectivity index (χ2v) is 7.50. The van der Waals surface area contributed by atoms with Crippen LogP contribution in [0.4, 0.5) is 4.39 Å². The number of aliphatic hydroxyl groups is 1. The Kier molecular flexibility index (Phi) is 8.58. The molecule has 31 heavy (non-hydrogen) atoms. The Morgan fingerprint density at radius 3 is 2.87 bits per heavy atom. The van der Waals surface area contributed by atoms with Crippen LogP contribution in [0.1, 0.15) is 17.5 Å². The molecule has 2 aromatic carbocycles. The number of nitrogens with zero attached hydrogens (tertiary/aromatic N) is 2. The standard InChI is InChI=1S/C24H29FN2O4/c1-3-11-30-17-21(28)15-27(14-18-5-4-6-22(12-18)29-2)16-23-13-24(26-31-23)19-7-9-20(25)10-8-19/h3-10,12,21,23,28H,1,11,13-17H2,2H3/t21-,23-/m0/s1. The number of aliphatic hydroxyl groups excluding tert-OH is 1. The quantitative estimate of drug-likeness (QED) is 0.415. The molecule has 2 atom stereocenters. The Morgan fingerprint density at radius 2 is 2.13 bits per heavy atom. The van der Waals surface area contributed by atoms with Gasteiger partial charge in [-0.1, -0.05) is 35.5 Å². The smallest absolute Gasteiger partial charge is 0.145 e. The lowest BCUT2D eigenvalue weighted by Gasteiger charge is -2.27. The maximum absolute atomic E-state index is 13.2. The largest absolute Gasteiger partial charge is 0.497 e. The number of hydrogen-bond donors (Lipinski definition) is 1. The predicted molar refractivity (Wildman–Crippen MR) is 118 cm³/mol. The molecule has 1 heterocycles. The maximum atomic E-state index is 13.2. The third-order valence-corrected chi connectivity index (χ3v) is 4.93. The Balaban J connectivity index is 1.63. The number of halogens is 1. The zero-order valence-electron chi connectivity index (χ0n) is 17.7. The van der Waals surface area contributed by atoms with E-state index in [4.69, 9.17) is 14.3 Å². The molecule has 6 nitrogen and oxygen atoms in total. The van der Waals surface area contributed by atoms with Gasteiger partial charge >= 0.3 is 0 Å². The van der Waals surface area contributed by atoms with E-state index in [9.17, 15) is 9.50 Å². The normalized spacial score (nSPS) is 16.6. The van der Waals surface area contributed by atoms with Gasteiger partial charge in [-0.05, 0) is 35.4 Å². The molecular weight excluding hydrogens is 399 g/mol. The van der Waals surface area contributed by atoms with Gasteiger partial charge in [-0.3, -0.25) is 4.90 Å². The summed E-state index contributed by atoms with van der Waals surface area (Å²) < 4.78 is 23.9. The van der Waals surface area contributed by atoms with Crippen LogP contribution in [0.15, 0.2) is 66.3 Å². The highest BCUT2D eigenvalue weighted by Crippen LogP contribution is 2.20. The summed E-state index contributed by atoms with van der Waals surface area (Å²) in [6.45, 7) is 5.84. The van der Waals surface area contributed by atoms with Crippen molar-refractivity contribution in [2.75, 3.05) is 33.4 Å². The van der Waals surface area contributed by atoms with Crippen LogP contribution in [0.3, 0.4) is 0 Å². The summed E-state index contributed by atoms with van der Waals surface area (Å²) in [4.78, 5) is 7.76. The van der Waals surface area contributed by atoms with Crippen molar-refractivity contribution in [3.8, 4) is 5.75 Å². The van der Waals surface area contributed by atoms with Crippen molar-refractivity contribution in [2.45, 2.75) is 25.2 Å². The number of benzene rings is 2. The minimum atomic E-state index is -0.649. The monoisotopic (exact) mass is 428 g/mol. The third-order valence-electron chi connectivity index (χ3n) is 4.93. The summed E-state index contributed by atoms with van der Waals surface area (Å²) in [5.41, 5.74) is 2.71. The topological polar surface area (TPSA) is 63.5 Å². The fourth-order valence-electron chi connectivity index (χ4n) is 3.50. The van der Waals surface area contributed by atoms with Gasteiger partial charge in [0.2, 0.25) is 0 Å². The molecule has 0 fully saturated rings. The highest BCUT2D eigenvalue weighted by atomic mass is 19.1. The average molecular weight is 429 g/mol. The molecule has 0 aliphatic carbocycles. The third kappa shape index (κ3) is 7.17. The van der Waals surface area contributed by atoms with Crippen LogP contribution in [-0.4, -0.2) is 61.3 Å². The first-order valence-corrected chi connectivity index (χ1v) is 10.3. The van der Waals surface area contributed by atoms with Gasteiger partial charge in [-0.25, -0.2) is 4.39 Å². The zero-order chi connectivity index (χ0) is 22.1. The minimum Gasteiger partial charge on any atom is -0.497 e. The van der Waals surface area contributed by atoms with Gasteiger partial charge in [0.1, 0.15) is 17.7 Å². The first-order chi connectivity index (χ1) is 15.1. The van der Waals surface area contributed by atoms with Crippen molar-refractivity contribution >= 4 is 5.71 Å². The Hall–Kier alpha value is -2.74. The van der Waals surface area contributed by atoms with E-state index in [1.165, 1.54) is 12.1 Å². The van der Waals surface area contributed by atoms with Crippen molar-refractivity contribution in [3.05, 3.63) is 78.1 Å². The molecule has 166 valence electrons. The van der Waals surface area contributed by atoms with E-state index < -0.39 is 6.10 Å². The zero-order valence-corrected chi connectivity index (χ0v) is 17.7. The van der Waals surface area contributed by atoms with Crippen molar-refractivity contribution in [2.24, 2.45) is 5.16 Å². The second kappa shape index (κ2) is 11.6. The molecule has 1 aliphatic heterocycles. The van der Waals surface area contributed by atoms with E-state index in [1.807, 2.05) is 24.3 Å². The Bertz CT molecular complexity index is 872. The van der Waals surface area contributed by atoms with E-state index in [2.05, 4.69) is 16.6 Å². The van der Waals surface area contributed by atoms with Crippen LogP contribution >= 0.6 is 0 Å². The van der Waals surface area contributed by atoms with Crippen molar-refractivity contribution in [1.29, 1.82) is 0 Å². The molecule has 3 rings (SSSR count). The molecule has 0 aromatic heterocycles. The van der Waals surface area contributed by atoms with Gasteiger partial charge in [0.25, 0.3) is 0 Å². The number of methoxy groups -OCH3 is 1. The van der Waals surface area contributed by atoms with E-state index >= 15 is 0 Å². The van der Waals surface area contributed by atoms with Gasteiger partial charge < -0.3 is 19.4 Å². The second-order valence-electron chi connectivity index (χ2n) is 7.50. The number of rotatable bonds is 12. The van der Waals surface area contributed by atoms with Gasteiger partial charge in [-0.15, -0.1) is 6.58 Å². The van der Waals surface area contributed by atoms with Gasteiger partial charge in [-0.2, -0.15) is 0 Å². The van der Waals surface area contributed by atoms with Crippen LogP contribution in [0.25, 0.3) is 0 Å². The number of oxime groups is 1. The van der Waals surface area contributed by atoms with Crippen LogP contribution in [0, 0.1) is 5.82 Å². The Morgan fingerprint density at radius 1 is 1.32 bits per heavy atom. The first-order valence-electron chi connectivity index (χ1n) is 10.3. The minimum absolute atomic E-state index is 0.160. The lowest BCUT2D eigenvalue weighted by molar-refractivity contribution is 0.00335. The Labute approximate surface area is 182 Å². The van der Waals surface area contributed by atoms with E-state index in [0.29, 0.717) is 32.7 Å². The molecule has 7 heteroatoms. The highest BCUT2D eigenvalue weighted by Gasteiger charge is 2.26. The van der Waals surface area contributed by atoms with Gasteiger partial charge in [0, 0.05) is 26.1 Å². The summed E-state index contributed by atoms with van der Waals surface area (Å²) in [5, 5.41) is 14.6. The number of ether oxygens (including phenoxy) is 2. The fourth-order valence-corrected chi connectivity index (χ4v) is 3.50. The van der Waals surface area contributed by atoms with Crippen LogP contribution in [0.5, 0.6) is 5.75 Å². The van der Waals surface area contributed by atoms with Crippen molar-refractivity contribution in [1.82, 2.24) is 4.90 Å². The molecule has 2 aromatic rings. The van der Waals surface area contributed by atoms with Gasteiger partial charge in [0.05, 0.1) is 32.1 Å². The van der Waals surface area contributed by atoms with E-state index in [1.54, 1.807) is 25.3 Å².